The van der Waals surface area contributed by atoms with Gasteiger partial charge < -0.3 is 10.1 Å². The van der Waals surface area contributed by atoms with Gasteiger partial charge >= 0.3 is 0 Å². The van der Waals surface area contributed by atoms with Gasteiger partial charge in [0.2, 0.25) is 5.88 Å². The third-order valence-corrected chi connectivity index (χ3v) is 5.11. The molecular formula is C19H18N2O4S. The van der Waals surface area contributed by atoms with Crippen molar-refractivity contribution >= 4 is 26.6 Å². The van der Waals surface area contributed by atoms with E-state index in [-0.39, 0.29) is 17.0 Å². The smallest absolute Gasteiger partial charge is 0.252 e. The summed E-state index contributed by atoms with van der Waals surface area (Å²) in [5, 5.41) is 3.68. The molecule has 1 aromatic heterocycles. The minimum absolute atomic E-state index is 0.00895. The molecule has 0 aliphatic carbocycles. The molecule has 0 unspecified atom stereocenters. The Bertz CT molecular complexity index is 1080. The fourth-order valence-electron chi connectivity index (χ4n) is 2.72. The van der Waals surface area contributed by atoms with Crippen LogP contribution in [-0.2, 0) is 16.4 Å². The van der Waals surface area contributed by atoms with E-state index in [1.807, 2.05) is 24.3 Å². The molecule has 6 nitrogen and oxygen atoms in total. The first-order valence-corrected chi connectivity index (χ1v) is 9.79. The molecule has 1 amide bonds. The third kappa shape index (κ3) is 3.67. The van der Waals surface area contributed by atoms with Crippen molar-refractivity contribution in [1.29, 1.82) is 0 Å². The second-order valence-electron chi connectivity index (χ2n) is 5.79. The highest BCUT2D eigenvalue weighted by Gasteiger charge is 2.18. The van der Waals surface area contributed by atoms with E-state index in [2.05, 4.69) is 10.3 Å². The number of ether oxygens (including phenoxy) is 1. The first kappa shape index (κ1) is 17.9. The Hall–Kier alpha value is -2.93. The van der Waals surface area contributed by atoms with Crippen molar-refractivity contribution in [2.24, 2.45) is 0 Å². The van der Waals surface area contributed by atoms with E-state index >= 15 is 0 Å². The summed E-state index contributed by atoms with van der Waals surface area (Å²) in [4.78, 5) is 16.9. The molecule has 0 radical (unpaired) electrons. The number of hydrogen-bond donors (Lipinski definition) is 1. The number of para-hydroxylation sites is 1. The number of rotatable bonds is 5. The van der Waals surface area contributed by atoms with E-state index in [4.69, 9.17) is 4.74 Å². The number of carbonyl (C=O) groups excluding carboxylic acids is 1. The highest BCUT2D eigenvalue weighted by molar-refractivity contribution is 7.90. The van der Waals surface area contributed by atoms with Crippen LogP contribution in [0.4, 0.5) is 0 Å². The minimum Gasteiger partial charge on any atom is -0.481 e. The van der Waals surface area contributed by atoms with Gasteiger partial charge in [-0.15, -0.1) is 0 Å². The van der Waals surface area contributed by atoms with Crippen LogP contribution in [0.1, 0.15) is 15.9 Å². The molecule has 0 saturated carbocycles. The lowest BCUT2D eigenvalue weighted by Crippen LogP contribution is -2.24. The fraction of sp³-hybridized carbons (Fsp3) is 0.158. The molecule has 26 heavy (non-hydrogen) atoms. The lowest BCUT2D eigenvalue weighted by Gasteiger charge is -2.11. The molecule has 0 aliphatic rings. The van der Waals surface area contributed by atoms with E-state index in [1.54, 1.807) is 18.2 Å². The number of methoxy groups -OCH3 is 1. The molecule has 1 heterocycles. The maximum atomic E-state index is 12.6. The van der Waals surface area contributed by atoms with E-state index in [9.17, 15) is 13.2 Å². The van der Waals surface area contributed by atoms with Crippen LogP contribution in [0.15, 0.2) is 59.5 Å². The topological polar surface area (TPSA) is 85.4 Å². The molecular weight excluding hydrogens is 352 g/mol. The number of carbonyl (C=O) groups is 1. The van der Waals surface area contributed by atoms with E-state index < -0.39 is 15.7 Å². The van der Waals surface area contributed by atoms with Crippen LogP contribution < -0.4 is 10.1 Å². The molecule has 7 heteroatoms. The summed E-state index contributed by atoms with van der Waals surface area (Å²) in [5.41, 5.74) is 1.71. The number of sulfone groups is 1. The maximum absolute atomic E-state index is 12.6. The van der Waals surface area contributed by atoms with Crippen LogP contribution in [0.5, 0.6) is 5.88 Å². The number of nitrogens with zero attached hydrogens (tertiary/aromatic N) is 1. The fourth-order valence-corrected chi connectivity index (χ4v) is 3.61. The van der Waals surface area contributed by atoms with Gasteiger partial charge in [0.05, 0.1) is 23.1 Å². The Kier molecular flexibility index (Phi) is 4.90. The molecule has 134 valence electrons. The van der Waals surface area contributed by atoms with Gasteiger partial charge in [-0.2, -0.15) is 0 Å². The molecule has 0 atom stereocenters. The van der Waals surface area contributed by atoms with Gasteiger partial charge in [-0.25, -0.2) is 13.4 Å². The molecule has 0 aliphatic heterocycles. The highest BCUT2D eigenvalue weighted by Crippen LogP contribution is 2.22. The zero-order valence-corrected chi connectivity index (χ0v) is 15.2. The quantitative estimate of drug-likeness (QED) is 0.746. The first-order chi connectivity index (χ1) is 12.4. The van der Waals surface area contributed by atoms with Crippen molar-refractivity contribution in [2.75, 3.05) is 13.4 Å². The van der Waals surface area contributed by atoms with Crippen molar-refractivity contribution in [3.8, 4) is 5.88 Å². The number of aromatic nitrogens is 1. The number of pyridine rings is 1. The highest BCUT2D eigenvalue weighted by atomic mass is 32.2. The monoisotopic (exact) mass is 370 g/mol. The molecule has 2 aromatic carbocycles. The predicted octanol–water partition coefficient (Wildman–Crippen LogP) is 2.58. The molecule has 0 fully saturated rings. The second kappa shape index (κ2) is 7.13. The van der Waals surface area contributed by atoms with Crippen LogP contribution in [0.25, 0.3) is 10.9 Å². The standard InChI is InChI=1S/C19H18N2O4S/c1-25-18-11-13(14-7-3-5-9-16(14)21-18)12-20-19(22)15-8-4-6-10-17(15)26(2,23)24/h3-11H,12H2,1-2H3,(H,20,22). The van der Waals surface area contributed by atoms with Gasteiger partial charge in [0.15, 0.2) is 9.84 Å². The van der Waals surface area contributed by atoms with Crippen molar-refractivity contribution in [3.05, 3.63) is 65.7 Å². The number of benzene rings is 2. The molecule has 3 aromatic rings. The Morgan fingerprint density at radius 2 is 1.81 bits per heavy atom. The SMILES string of the molecule is COc1cc(CNC(=O)c2ccccc2S(C)(=O)=O)c2ccccc2n1. The second-order valence-corrected chi connectivity index (χ2v) is 7.78. The van der Waals surface area contributed by atoms with Gasteiger partial charge in [-0.1, -0.05) is 30.3 Å². The number of amides is 1. The Balaban J connectivity index is 1.91. The summed E-state index contributed by atoms with van der Waals surface area (Å²) in [6, 6.07) is 15.4. The number of hydrogen-bond acceptors (Lipinski definition) is 5. The summed E-state index contributed by atoms with van der Waals surface area (Å²) in [7, 11) is -1.97. The van der Waals surface area contributed by atoms with Gasteiger partial charge in [0, 0.05) is 24.3 Å². The molecule has 0 bridgehead atoms. The summed E-state index contributed by atoms with van der Waals surface area (Å²) in [6.45, 7) is 0.219. The molecule has 0 saturated heterocycles. The average Bonchev–Trinajstić information content (AvgIpc) is 2.64. The summed E-state index contributed by atoms with van der Waals surface area (Å²) in [6.07, 6.45) is 1.08. The van der Waals surface area contributed by atoms with Crippen molar-refractivity contribution in [2.45, 2.75) is 11.4 Å². The minimum atomic E-state index is -3.50. The van der Waals surface area contributed by atoms with E-state index in [1.165, 1.54) is 19.2 Å². The predicted molar refractivity (Wildman–Crippen MR) is 99.0 cm³/mol. The summed E-state index contributed by atoms with van der Waals surface area (Å²) in [5.74, 6) is -0.00429. The average molecular weight is 370 g/mol. The van der Waals surface area contributed by atoms with Crippen LogP contribution in [0, 0.1) is 0 Å². The van der Waals surface area contributed by atoms with Crippen LogP contribution in [-0.4, -0.2) is 32.7 Å². The van der Waals surface area contributed by atoms with Gasteiger partial charge in [0.25, 0.3) is 5.91 Å². The Labute approximate surface area is 151 Å². The molecule has 1 N–H and O–H groups in total. The number of nitrogens with one attached hydrogen (secondary N) is 1. The third-order valence-electron chi connectivity index (χ3n) is 3.96. The summed E-state index contributed by atoms with van der Waals surface area (Å²) < 4.78 is 29.0. The maximum Gasteiger partial charge on any atom is 0.252 e. The van der Waals surface area contributed by atoms with Gasteiger partial charge in [-0.05, 0) is 23.8 Å². The van der Waals surface area contributed by atoms with Crippen LogP contribution >= 0.6 is 0 Å². The van der Waals surface area contributed by atoms with Crippen LogP contribution in [0.3, 0.4) is 0 Å². The van der Waals surface area contributed by atoms with Crippen LogP contribution in [0.2, 0.25) is 0 Å². The molecule has 0 spiro atoms. The van der Waals surface area contributed by atoms with Crippen molar-refractivity contribution in [3.63, 3.8) is 0 Å². The normalized spacial score (nSPS) is 11.3. The first-order valence-electron chi connectivity index (χ1n) is 7.90. The molecule has 3 rings (SSSR count). The lowest BCUT2D eigenvalue weighted by molar-refractivity contribution is 0.0947. The Morgan fingerprint density at radius 1 is 1.12 bits per heavy atom. The zero-order chi connectivity index (χ0) is 18.7. The van der Waals surface area contributed by atoms with Gasteiger partial charge in [-0.3, -0.25) is 4.79 Å². The van der Waals surface area contributed by atoms with Crippen molar-refractivity contribution in [1.82, 2.24) is 10.3 Å². The van der Waals surface area contributed by atoms with E-state index in [0.717, 1.165) is 22.7 Å². The number of fused-ring (bicyclic) bond motifs is 1. The Morgan fingerprint density at radius 3 is 2.54 bits per heavy atom. The zero-order valence-electron chi connectivity index (χ0n) is 14.4. The summed E-state index contributed by atoms with van der Waals surface area (Å²) >= 11 is 0. The van der Waals surface area contributed by atoms with Crippen molar-refractivity contribution < 1.29 is 17.9 Å². The largest absolute Gasteiger partial charge is 0.481 e. The van der Waals surface area contributed by atoms with Gasteiger partial charge in [0.1, 0.15) is 0 Å². The lowest BCUT2D eigenvalue weighted by atomic mass is 10.1. The van der Waals surface area contributed by atoms with E-state index in [0.29, 0.717) is 5.88 Å².